The molecule has 2 rings (SSSR count). The van der Waals surface area contributed by atoms with Gasteiger partial charge in [-0.1, -0.05) is 18.2 Å². The highest BCUT2D eigenvalue weighted by molar-refractivity contribution is 5.61. The number of hydrogen-bond acceptors (Lipinski definition) is 2. The zero-order chi connectivity index (χ0) is 9.47. The Balaban J connectivity index is 2.58. The minimum Gasteiger partial charge on any atom is -0.381 e. The molecule has 2 N–H and O–H groups in total. The first-order valence-corrected chi connectivity index (χ1v) is 4.38. The number of rotatable bonds is 0. The van der Waals surface area contributed by atoms with Gasteiger partial charge in [0.1, 0.15) is 5.60 Å². The first-order chi connectivity index (χ1) is 6.09. The predicted molar refractivity (Wildman–Crippen MR) is 53.4 cm³/mol. The molecule has 1 heterocycles. The van der Waals surface area contributed by atoms with Crippen LogP contribution in [0.1, 0.15) is 19.4 Å². The average molecular weight is 175 g/mol. The molecule has 0 amide bonds. The van der Waals surface area contributed by atoms with E-state index in [1.807, 2.05) is 37.3 Å². The minimum absolute atomic E-state index is 0.841. The zero-order valence-electron chi connectivity index (χ0n) is 7.83. The Morgan fingerprint density at radius 3 is 2.77 bits per heavy atom. The lowest BCUT2D eigenvalue weighted by atomic mass is 9.90. The summed E-state index contributed by atoms with van der Waals surface area (Å²) in [4.78, 5) is 0. The standard InChI is InChI=1S/C11H13NO/c1-8-7-11(2,13)9-5-3-4-6-10(9)12-8/h3-7,12-13H,1-2H3. The molecular formula is C11H13NO. The third-order valence-corrected chi connectivity index (χ3v) is 2.30. The van der Waals surface area contributed by atoms with Crippen molar-refractivity contribution in [2.75, 3.05) is 5.32 Å². The second kappa shape index (κ2) is 2.60. The Hall–Kier alpha value is -1.28. The molecule has 1 aromatic carbocycles. The van der Waals surface area contributed by atoms with Gasteiger partial charge < -0.3 is 10.4 Å². The molecule has 0 fully saturated rings. The highest BCUT2D eigenvalue weighted by Gasteiger charge is 2.26. The van der Waals surface area contributed by atoms with Crippen LogP contribution in [0.4, 0.5) is 5.69 Å². The van der Waals surface area contributed by atoms with Gasteiger partial charge in [0.15, 0.2) is 0 Å². The third-order valence-electron chi connectivity index (χ3n) is 2.30. The Labute approximate surface area is 77.9 Å². The van der Waals surface area contributed by atoms with Gasteiger partial charge in [-0.05, 0) is 26.0 Å². The summed E-state index contributed by atoms with van der Waals surface area (Å²) in [6.07, 6.45) is 1.83. The molecule has 0 bridgehead atoms. The second-order valence-corrected chi connectivity index (χ2v) is 3.65. The van der Waals surface area contributed by atoms with E-state index in [9.17, 15) is 5.11 Å². The van der Waals surface area contributed by atoms with Crippen molar-refractivity contribution in [3.05, 3.63) is 41.6 Å². The van der Waals surface area contributed by atoms with E-state index in [0.29, 0.717) is 0 Å². The number of hydrogen-bond donors (Lipinski definition) is 2. The maximum atomic E-state index is 10.1. The van der Waals surface area contributed by atoms with Crippen molar-refractivity contribution in [3.63, 3.8) is 0 Å². The molecule has 0 aromatic heterocycles. The van der Waals surface area contributed by atoms with Crippen molar-refractivity contribution in [1.82, 2.24) is 0 Å². The molecule has 0 saturated carbocycles. The van der Waals surface area contributed by atoms with Crippen LogP contribution in [-0.2, 0) is 5.60 Å². The lowest BCUT2D eigenvalue weighted by molar-refractivity contribution is 0.110. The van der Waals surface area contributed by atoms with E-state index in [0.717, 1.165) is 16.9 Å². The van der Waals surface area contributed by atoms with Gasteiger partial charge in [0.25, 0.3) is 0 Å². The number of aliphatic hydroxyl groups is 1. The summed E-state index contributed by atoms with van der Waals surface area (Å²) in [6.45, 7) is 3.75. The normalized spacial score (nSPS) is 25.9. The van der Waals surface area contributed by atoms with E-state index in [-0.39, 0.29) is 0 Å². The fourth-order valence-corrected chi connectivity index (χ4v) is 1.78. The zero-order valence-corrected chi connectivity index (χ0v) is 7.83. The number of fused-ring (bicyclic) bond motifs is 1. The molecule has 1 aliphatic rings. The number of anilines is 1. The van der Waals surface area contributed by atoms with Gasteiger partial charge in [-0.25, -0.2) is 0 Å². The van der Waals surface area contributed by atoms with E-state index in [2.05, 4.69) is 5.32 Å². The Bertz CT molecular complexity index is 366. The Morgan fingerprint density at radius 2 is 2.00 bits per heavy atom. The Kier molecular flexibility index (Phi) is 1.67. The molecule has 1 atom stereocenters. The lowest BCUT2D eigenvalue weighted by Crippen LogP contribution is -2.25. The first-order valence-electron chi connectivity index (χ1n) is 4.38. The van der Waals surface area contributed by atoms with E-state index in [4.69, 9.17) is 0 Å². The molecule has 1 unspecified atom stereocenters. The first kappa shape index (κ1) is 8.32. The van der Waals surface area contributed by atoms with Crippen LogP contribution in [-0.4, -0.2) is 5.11 Å². The van der Waals surface area contributed by atoms with Gasteiger partial charge in [-0.3, -0.25) is 0 Å². The smallest absolute Gasteiger partial charge is 0.109 e. The molecule has 0 aliphatic carbocycles. The fourth-order valence-electron chi connectivity index (χ4n) is 1.78. The largest absolute Gasteiger partial charge is 0.381 e. The molecule has 2 nitrogen and oxygen atoms in total. The van der Waals surface area contributed by atoms with Crippen molar-refractivity contribution in [2.24, 2.45) is 0 Å². The molecule has 2 heteroatoms. The molecule has 1 aromatic rings. The highest BCUT2D eigenvalue weighted by Crippen LogP contribution is 2.34. The van der Waals surface area contributed by atoms with E-state index in [1.165, 1.54) is 0 Å². The second-order valence-electron chi connectivity index (χ2n) is 3.65. The number of nitrogens with one attached hydrogen (secondary N) is 1. The molecule has 68 valence electrons. The van der Waals surface area contributed by atoms with Crippen LogP contribution in [0.3, 0.4) is 0 Å². The molecule has 0 spiro atoms. The third kappa shape index (κ3) is 1.33. The van der Waals surface area contributed by atoms with Gasteiger partial charge >= 0.3 is 0 Å². The quantitative estimate of drug-likeness (QED) is 0.633. The molecular weight excluding hydrogens is 162 g/mol. The van der Waals surface area contributed by atoms with E-state index < -0.39 is 5.60 Å². The van der Waals surface area contributed by atoms with Crippen LogP contribution in [0.15, 0.2) is 36.0 Å². The molecule has 0 saturated heterocycles. The number of allylic oxidation sites excluding steroid dienone is 1. The average Bonchev–Trinajstić information content (AvgIpc) is 2.02. The number of benzene rings is 1. The van der Waals surface area contributed by atoms with Crippen LogP contribution in [0.5, 0.6) is 0 Å². The van der Waals surface area contributed by atoms with Crippen molar-refractivity contribution in [1.29, 1.82) is 0 Å². The summed E-state index contributed by atoms with van der Waals surface area (Å²) in [5.41, 5.74) is 2.07. The number of para-hydroxylation sites is 1. The summed E-state index contributed by atoms with van der Waals surface area (Å²) in [5.74, 6) is 0. The summed E-state index contributed by atoms with van der Waals surface area (Å²) < 4.78 is 0. The molecule has 1 aliphatic heterocycles. The van der Waals surface area contributed by atoms with Crippen LogP contribution in [0.2, 0.25) is 0 Å². The summed E-state index contributed by atoms with van der Waals surface area (Å²) in [7, 11) is 0. The molecule has 13 heavy (non-hydrogen) atoms. The topological polar surface area (TPSA) is 32.3 Å². The van der Waals surface area contributed by atoms with Crippen molar-refractivity contribution < 1.29 is 5.11 Å². The van der Waals surface area contributed by atoms with Crippen LogP contribution in [0, 0.1) is 0 Å². The van der Waals surface area contributed by atoms with Gasteiger partial charge in [0.2, 0.25) is 0 Å². The van der Waals surface area contributed by atoms with E-state index in [1.54, 1.807) is 6.92 Å². The maximum absolute atomic E-state index is 10.1. The van der Waals surface area contributed by atoms with Crippen LogP contribution >= 0.6 is 0 Å². The summed E-state index contributed by atoms with van der Waals surface area (Å²) >= 11 is 0. The van der Waals surface area contributed by atoms with Crippen LogP contribution in [0.25, 0.3) is 0 Å². The Morgan fingerprint density at radius 1 is 1.31 bits per heavy atom. The van der Waals surface area contributed by atoms with E-state index >= 15 is 0 Å². The fraction of sp³-hybridized carbons (Fsp3) is 0.273. The van der Waals surface area contributed by atoms with Gasteiger partial charge in [-0.15, -0.1) is 0 Å². The van der Waals surface area contributed by atoms with Crippen LogP contribution < -0.4 is 5.32 Å². The maximum Gasteiger partial charge on any atom is 0.109 e. The predicted octanol–water partition coefficient (Wildman–Crippen LogP) is 2.22. The van der Waals surface area contributed by atoms with Crippen molar-refractivity contribution in [3.8, 4) is 0 Å². The summed E-state index contributed by atoms with van der Waals surface area (Å²) in [5, 5.41) is 13.3. The lowest BCUT2D eigenvalue weighted by Gasteiger charge is -2.29. The van der Waals surface area contributed by atoms with Crippen molar-refractivity contribution >= 4 is 5.69 Å². The summed E-state index contributed by atoms with van der Waals surface area (Å²) in [6, 6.07) is 7.80. The van der Waals surface area contributed by atoms with Gasteiger partial charge in [0, 0.05) is 16.9 Å². The SMILES string of the molecule is CC1=CC(C)(O)c2ccccc2N1. The monoisotopic (exact) mass is 175 g/mol. The van der Waals surface area contributed by atoms with Crippen molar-refractivity contribution in [2.45, 2.75) is 19.4 Å². The molecule has 0 radical (unpaired) electrons. The van der Waals surface area contributed by atoms with Gasteiger partial charge in [-0.2, -0.15) is 0 Å². The van der Waals surface area contributed by atoms with Gasteiger partial charge in [0.05, 0.1) is 0 Å². The highest BCUT2D eigenvalue weighted by atomic mass is 16.3. The minimum atomic E-state index is -0.841.